The highest BCUT2D eigenvalue weighted by Gasteiger charge is 2.30. The third-order valence-electron chi connectivity index (χ3n) is 2.01. The zero-order valence-electron chi connectivity index (χ0n) is 9.03. The molecule has 0 heterocycles. The van der Waals surface area contributed by atoms with Crippen LogP contribution in [-0.2, 0) is 22.7 Å². The minimum absolute atomic E-state index is 0.173. The summed E-state index contributed by atoms with van der Waals surface area (Å²) in [7, 11) is -3.77. The minimum atomic E-state index is -4.47. The predicted molar refractivity (Wildman–Crippen MR) is 57.7 cm³/mol. The second kappa shape index (κ2) is 5.37. The molecular weight excluding hydrogens is 269 g/mol. The van der Waals surface area contributed by atoms with E-state index in [-0.39, 0.29) is 12.1 Å². The maximum atomic E-state index is 12.4. The van der Waals surface area contributed by atoms with Gasteiger partial charge < -0.3 is 0 Å². The molecule has 0 bridgehead atoms. The number of nitriles is 1. The van der Waals surface area contributed by atoms with Gasteiger partial charge in [0, 0.05) is 6.54 Å². The molecule has 1 N–H and O–H groups in total. The van der Waals surface area contributed by atoms with Gasteiger partial charge in [0.25, 0.3) is 0 Å². The molecule has 0 amide bonds. The molecular formula is C10H9F3N2O2S. The summed E-state index contributed by atoms with van der Waals surface area (Å²) in [5, 5.41) is 8.23. The number of rotatable bonds is 4. The van der Waals surface area contributed by atoms with Gasteiger partial charge in [0.05, 0.1) is 11.6 Å². The first-order chi connectivity index (χ1) is 8.24. The normalized spacial score (nSPS) is 12.1. The lowest BCUT2D eigenvalue weighted by atomic mass is 10.1. The van der Waals surface area contributed by atoms with Gasteiger partial charge >= 0.3 is 6.18 Å². The monoisotopic (exact) mass is 278 g/mol. The van der Waals surface area contributed by atoms with Gasteiger partial charge in [-0.05, 0) is 11.6 Å². The van der Waals surface area contributed by atoms with Crippen molar-refractivity contribution in [2.24, 2.45) is 0 Å². The number of nitrogens with zero attached hydrogens (tertiary/aromatic N) is 1. The van der Waals surface area contributed by atoms with Gasteiger partial charge in [0.1, 0.15) is 0 Å². The van der Waals surface area contributed by atoms with E-state index in [1.54, 1.807) is 0 Å². The molecule has 1 rings (SSSR count). The Balaban J connectivity index is 2.79. The van der Waals surface area contributed by atoms with E-state index < -0.39 is 27.5 Å². The van der Waals surface area contributed by atoms with Crippen molar-refractivity contribution in [3.63, 3.8) is 0 Å². The highest BCUT2D eigenvalue weighted by molar-refractivity contribution is 7.89. The number of nitrogens with one attached hydrogen (secondary N) is 1. The summed E-state index contributed by atoms with van der Waals surface area (Å²) in [6.45, 7) is -0.284. The zero-order valence-corrected chi connectivity index (χ0v) is 9.85. The van der Waals surface area contributed by atoms with Crippen LogP contribution in [-0.4, -0.2) is 14.2 Å². The maximum Gasteiger partial charge on any atom is 0.416 e. The van der Waals surface area contributed by atoms with Gasteiger partial charge in [0.2, 0.25) is 10.0 Å². The van der Waals surface area contributed by atoms with Gasteiger partial charge in [-0.2, -0.15) is 18.4 Å². The van der Waals surface area contributed by atoms with Crippen molar-refractivity contribution in [3.05, 3.63) is 35.4 Å². The van der Waals surface area contributed by atoms with Crippen LogP contribution in [0, 0.1) is 11.3 Å². The average Bonchev–Trinajstić information content (AvgIpc) is 2.26. The Morgan fingerprint density at radius 3 is 2.56 bits per heavy atom. The average molecular weight is 278 g/mol. The molecule has 0 radical (unpaired) electrons. The van der Waals surface area contributed by atoms with Gasteiger partial charge in [-0.3, -0.25) is 0 Å². The van der Waals surface area contributed by atoms with Crippen LogP contribution >= 0.6 is 0 Å². The molecule has 4 nitrogen and oxygen atoms in total. The number of alkyl halides is 3. The van der Waals surface area contributed by atoms with Gasteiger partial charge in [-0.15, -0.1) is 0 Å². The lowest BCUT2D eigenvalue weighted by Gasteiger charge is -2.09. The van der Waals surface area contributed by atoms with E-state index in [1.807, 2.05) is 4.72 Å². The summed E-state index contributed by atoms with van der Waals surface area (Å²) in [5.41, 5.74) is -0.675. The largest absolute Gasteiger partial charge is 0.416 e. The van der Waals surface area contributed by atoms with Crippen LogP contribution in [0.25, 0.3) is 0 Å². The quantitative estimate of drug-likeness (QED) is 0.910. The molecule has 0 saturated carbocycles. The Morgan fingerprint density at radius 1 is 1.33 bits per heavy atom. The summed E-state index contributed by atoms with van der Waals surface area (Å²) in [4.78, 5) is 0. The van der Waals surface area contributed by atoms with Crippen LogP contribution in [0.2, 0.25) is 0 Å². The molecule has 0 atom stereocenters. The summed E-state index contributed by atoms with van der Waals surface area (Å²) in [6.07, 6.45) is -4.47. The van der Waals surface area contributed by atoms with Gasteiger partial charge in [-0.1, -0.05) is 18.2 Å². The molecule has 8 heteroatoms. The molecule has 0 spiro atoms. The number of hydrogen-bond donors (Lipinski definition) is 1. The van der Waals surface area contributed by atoms with E-state index in [2.05, 4.69) is 0 Å². The molecule has 0 unspecified atom stereocenters. The van der Waals surface area contributed by atoms with Crippen LogP contribution in [0.1, 0.15) is 11.1 Å². The van der Waals surface area contributed by atoms with E-state index in [0.717, 1.165) is 12.1 Å². The summed E-state index contributed by atoms with van der Waals surface area (Å²) < 4.78 is 61.4. The highest BCUT2D eigenvalue weighted by atomic mass is 32.2. The molecule has 0 aliphatic rings. The predicted octanol–water partition coefficient (Wildman–Crippen LogP) is 1.65. The Bertz CT molecular complexity index is 561. The van der Waals surface area contributed by atoms with E-state index in [4.69, 9.17) is 5.26 Å². The fourth-order valence-electron chi connectivity index (χ4n) is 1.19. The number of hydrogen-bond acceptors (Lipinski definition) is 3. The Labute approximate surface area is 102 Å². The molecule has 0 aliphatic carbocycles. The molecule has 1 aromatic rings. The summed E-state index contributed by atoms with van der Waals surface area (Å²) >= 11 is 0. The fraction of sp³-hybridized carbons (Fsp3) is 0.300. The smallest absolute Gasteiger partial charge is 0.211 e. The molecule has 18 heavy (non-hydrogen) atoms. The van der Waals surface area contributed by atoms with Crippen molar-refractivity contribution in [2.45, 2.75) is 12.7 Å². The molecule has 0 aromatic heterocycles. The van der Waals surface area contributed by atoms with Crippen LogP contribution in [0.15, 0.2) is 24.3 Å². The lowest BCUT2D eigenvalue weighted by Crippen LogP contribution is -2.25. The van der Waals surface area contributed by atoms with Crippen LogP contribution in [0.5, 0.6) is 0 Å². The lowest BCUT2D eigenvalue weighted by molar-refractivity contribution is -0.137. The van der Waals surface area contributed by atoms with Crippen LogP contribution in [0.4, 0.5) is 13.2 Å². The second-order valence-electron chi connectivity index (χ2n) is 3.44. The van der Waals surface area contributed by atoms with Crippen molar-refractivity contribution in [1.29, 1.82) is 5.26 Å². The molecule has 1 aromatic carbocycles. The first-order valence-electron chi connectivity index (χ1n) is 4.75. The Morgan fingerprint density at radius 2 is 2.00 bits per heavy atom. The Kier molecular flexibility index (Phi) is 4.32. The van der Waals surface area contributed by atoms with E-state index in [0.29, 0.717) is 0 Å². The van der Waals surface area contributed by atoms with Crippen molar-refractivity contribution >= 4 is 10.0 Å². The number of halogens is 3. The molecule has 0 saturated heterocycles. The van der Waals surface area contributed by atoms with Crippen molar-refractivity contribution in [2.75, 3.05) is 5.75 Å². The van der Waals surface area contributed by atoms with E-state index >= 15 is 0 Å². The van der Waals surface area contributed by atoms with E-state index in [1.165, 1.54) is 18.2 Å². The standard InChI is InChI=1S/C10H9F3N2O2S/c11-10(12,13)9-3-1-2-8(6-9)7-15-18(16,17)5-4-14/h1-3,6,15H,5,7H2. The van der Waals surface area contributed by atoms with Crippen molar-refractivity contribution < 1.29 is 21.6 Å². The molecule has 0 fully saturated rings. The maximum absolute atomic E-state index is 12.4. The first kappa shape index (κ1) is 14.5. The number of sulfonamides is 1. The summed E-state index contributed by atoms with van der Waals surface area (Å²) in [6, 6.07) is 5.76. The van der Waals surface area contributed by atoms with E-state index in [9.17, 15) is 21.6 Å². The minimum Gasteiger partial charge on any atom is -0.211 e. The highest BCUT2D eigenvalue weighted by Crippen LogP contribution is 2.29. The van der Waals surface area contributed by atoms with Crippen molar-refractivity contribution in [3.8, 4) is 6.07 Å². The third kappa shape index (κ3) is 4.35. The molecule has 0 aliphatic heterocycles. The first-order valence-corrected chi connectivity index (χ1v) is 6.40. The SMILES string of the molecule is N#CCS(=O)(=O)NCc1cccc(C(F)(F)F)c1. The topological polar surface area (TPSA) is 70.0 Å². The molecule has 98 valence electrons. The fourth-order valence-corrected chi connectivity index (χ4v) is 1.85. The van der Waals surface area contributed by atoms with Gasteiger partial charge in [-0.25, -0.2) is 13.1 Å². The Hall–Kier alpha value is -1.59. The zero-order chi connectivity index (χ0) is 13.8. The number of benzene rings is 1. The van der Waals surface area contributed by atoms with Crippen molar-refractivity contribution in [1.82, 2.24) is 4.72 Å². The third-order valence-corrected chi connectivity index (χ3v) is 3.10. The van der Waals surface area contributed by atoms with Gasteiger partial charge in [0.15, 0.2) is 5.75 Å². The second-order valence-corrected chi connectivity index (χ2v) is 5.24. The van der Waals surface area contributed by atoms with Crippen LogP contribution in [0.3, 0.4) is 0 Å². The summed E-state index contributed by atoms with van der Waals surface area (Å²) in [5.74, 6) is -0.730. The van der Waals surface area contributed by atoms with Crippen LogP contribution < -0.4 is 4.72 Å².